The van der Waals surface area contributed by atoms with Crippen molar-refractivity contribution < 1.29 is 19.4 Å². The molecular formula is C17H19NO4. The lowest BCUT2D eigenvalue weighted by molar-refractivity contribution is -0.140. The van der Waals surface area contributed by atoms with Crippen molar-refractivity contribution >= 4 is 12.1 Å². The van der Waals surface area contributed by atoms with E-state index in [9.17, 15) is 14.7 Å². The number of terminal acetylenes is 1. The predicted octanol–water partition coefficient (Wildman–Crippen LogP) is 2.50. The molecule has 5 nitrogen and oxygen atoms in total. The average Bonchev–Trinajstić information content (AvgIpc) is 3.12. The SMILES string of the molecule is C#Cc1ccc([C@@H]2C[C@]2(NC(=O)OC(C)(C)C)C(=O)O)cc1. The van der Waals surface area contributed by atoms with Gasteiger partial charge in [0.05, 0.1) is 0 Å². The lowest BCUT2D eigenvalue weighted by Crippen LogP contribution is -2.46. The second-order valence-corrected chi connectivity index (χ2v) is 6.43. The van der Waals surface area contributed by atoms with Gasteiger partial charge < -0.3 is 15.2 Å². The van der Waals surface area contributed by atoms with Gasteiger partial charge >= 0.3 is 12.1 Å². The molecule has 1 aliphatic rings. The first kappa shape index (κ1) is 15.9. The van der Waals surface area contributed by atoms with Gasteiger partial charge in [-0.25, -0.2) is 9.59 Å². The van der Waals surface area contributed by atoms with Gasteiger partial charge in [0.1, 0.15) is 11.1 Å². The van der Waals surface area contributed by atoms with Crippen molar-refractivity contribution in [2.75, 3.05) is 0 Å². The van der Waals surface area contributed by atoms with E-state index in [1.807, 2.05) is 0 Å². The Morgan fingerprint density at radius 2 is 1.95 bits per heavy atom. The third kappa shape index (κ3) is 3.22. The number of carboxylic acids is 1. The molecule has 2 rings (SSSR count). The topological polar surface area (TPSA) is 75.6 Å². The molecule has 1 aromatic rings. The molecule has 116 valence electrons. The third-order valence-electron chi connectivity index (χ3n) is 3.55. The number of carboxylic acid groups (broad SMARTS) is 1. The van der Waals surface area contributed by atoms with Crippen molar-refractivity contribution in [3.05, 3.63) is 35.4 Å². The second-order valence-electron chi connectivity index (χ2n) is 6.43. The van der Waals surface area contributed by atoms with E-state index in [-0.39, 0.29) is 5.92 Å². The highest BCUT2D eigenvalue weighted by Crippen LogP contribution is 2.51. The van der Waals surface area contributed by atoms with Crippen LogP contribution in [0.5, 0.6) is 0 Å². The summed E-state index contributed by atoms with van der Waals surface area (Å²) in [6.07, 6.45) is 4.91. The van der Waals surface area contributed by atoms with Crippen LogP contribution < -0.4 is 5.32 Å². The maximum atomic E-state index is 11.9. The molecule has 5 heteroatoms. The molecule has 0 heterocycles. The molecule has 0 saturated heterocycles. The predicted molar refractivity (Wildman–Crippen MR) is 81.5 cm³/mol. The Labute approximate surface area is 129 Å². The molecule has 1 fully saturated rings. The molecule has 1 aromatic carbocycles. The van der Waals surface area contributed by atoms with Gasteiger partial charge in [0, 0.05) is 11.5 Å². The lowest BCUT2D eigenvalue weighted by Gasteiger charge is -2.22. The number of amides is 1. The third-order valence-corrected chi connectivity index (χ3v) is 3.55. The molecule has 0 spiro atoms. The van der Waals surface area contributed by atoms with E-state index in [4.69, 9.17) is 11.2 Å². The molecule has 0 unspecified atom stereocenters. The van der Waals surface area contributed by atoms with Crippen LogP contribution in [0.1, 0.15) is 44.2 Å². The van der Waals surface area contributed by atoms with Crippen molar-refractivity contribution in [1.82, 2.24) is 5.32 Å². The Bertz CT molecular complexity index is 636. The number of alkyl carbamates (subject to hydrolysis) is 1. The first-order valence-corrected chi connectivity index (χ1v) is 6.99. The summed E-state index contributed by atoms with van der Waals surface area (Å²) in [5.74, 6) is 1.16. The highest BCUT2D eigenvalue weighted by molar-refractivity contribution is 5.90. The van der Waals surface area contributed by atoms with Gasteiger partial charge in [0.25, 0.3) is 0 Å². The number of ether oxygens (including phenoxy) is 1. The minimum Gasteiger partial charge on any atom is -0.479 e. The zero-order valence-corrected chi connectivity index (χ0v) is 12.8. The highest BCUT2D eigenvalue weighted by atomic mass is 16.6. The molecule has 0 bridgehead atoms. The highest BCUT2D eigenvalue weighted by Gasteiger charge is 2.62. The number of carbonyl (C=O) groups is 2. The summed E-state index contributed by atoms with van der Waals surface area (Å²) in [5, 5.41) is 12.0. The summed E-state index contributed by atoms with van der Waals surface area (Å²) in [6, 6.07) is 7.10. The van der Waals surface area contributed by atoms with Crippen LogP contribution in [0, 0.1) is 12.3 Å². The zero-order chi connectivity index (χ0) is 16.5. The normalized spacial score (nSPS) is 23.3. The van der Waals surface area contributed by atoms with Gasteiger partial charge in [0.15, 0.2) is 0 Å². The van der Waals surface area contributed by atoms with Crippen LogP contribution in [-0.4, -0.2) is 28.3 Å². The molecule has 1 amide bonds. The Morgan fingerprint density at radius 1 is 1.36 bits per heavy atom. The second kappa shape index (κ2) is 5.38. The Morgan fingerprint density at radius 3 is 2.41 bits per heavy atom. The Kier molecular flexibility index (Phi) is 3.89. The van der Waals surface area contributed by atoms with E-state index in [0.29, 0.717) is 6.42 Å². The van der Waals surface area contributed by atoms with Crippen molar-refractivity contribution in [3.8, 4) is 12.3 Å². The summed E-state index contributed by atoms with van der Waals surface area (Å²) in [6.45, 7) is 5.18. The lowest BCUT2D eigenvalue weighted by atomic mass is 10.0. The van der Waals surface area contributed by atoms with Gasteiger partial charge in [-0.2, -0.15) is 0 Å². The molecule has 0 aliphatic heterocycles. The smallest absolute Gasteiger partial charge is 0.408 e. The molecule has 2 N–H and O–H groups in total. The zero-order valence-electron chi connectivity index (χ0n) is 12.8. The first-order valence-electron chi connectivity index (χ1n) is 6.99. The van der Waals surface area contributed by atoms with E-state index in [1.54, 1.807) is 45.0 Å². The largest absolute Gasteiger partial charge is 0.479 e. The average molecular weight is 301 g/mol. The van der Waals surface area contributed by atoms with Crippen LogP contribution in [-0.2, 0) is 9.53 Å². The van der Waals surface area contributed by atoms with E-state index in [2.05, 4.69) is 11.2 Å². The molecule has 0 aromatic heterocycles. The minimum absolute atomic E-state index is 0.288. The quantitative estimate of drug-likeness (QED) is 0.841. The van der Waals surface area contributed by atoms with Crippen LogP contribution in [0.15, 0.2) is 24.3 Å². The number of hydrogen-bond acceptors (Lipinski definition) is 3. The van der Waals surface area contributed by atoms with Crippen LogP contribution in [0.25, 0.3) is 0 Å². The molecule has 2 atom stereocenters. The number of aliphatic carboxylic acids is 1. The van der Waals surface area contributed by atoms with E-state index in [0.717, 1.165) is 11.1 Å². The standard InChI is InChI=1S/C17H19NO4/c1-5-11-6-8-12(9-7-11)13-10-17(13,14(19)20)18-15(21)22-16(2,3)4/h1,6-9,13H,10H2,2-4H3,(H,18,21)(H,19,20)/t13-,17+/m0/s1. The first-order chi connectivity index (χ1) is 10.2. The fourth-order valence-electron chi connectivity index (χ4n) is 2.39. The Hall–Kier alpha value is -2.48. The van der Waals surface area contributed by atoms with Gasteiger partial charge in [-0.3, -0.25) is 0 Å². The molecule has 0 radical (unpaired) electrons. The van der Waals surface area contributed by atoms with Crippen LogP contribution in [0.4, 0.5) is 4.79 Å². The summed E-state index contributed by atoms with van der Waals surface area (Å²) in [4.78, 5) is 23.5. The van der Waals surface area contributed by atoms with E-state index < -0.39 is 23.2 Å². The number of nitrogens with one attached hydrogen (secondary N) is 1. The monoisotopic (exact) mass is 301 g/mol. The molecule has 22 heavy (non-hydrogen) atoms. The maximum Gasteiger partial charge on any atom is 0.408 e. The molecule has 1 aliphatic carbocycles. The summed E-state index contributed by atoms with van der Waals surface area (Å²) >= 11 is 0. The fourth-order valence-corrected chi connectivity index (χ4v) is 2.39. The number of rotatable bonds is 3. The van der Waals surface area contributed by atoms with Crippen molar-refractivity contribution in [2.24, 2.45) is 0 Å². The number of carbonyl (C=O) groups excluding carboxylic acids is 1. The van der Waals surface area contributed by atoms with E-state index >= 15 is 0 Å². The number of benzene rings is 1. The van der Waals surface area contributed by atoms with Gasteiger partial charge in [-0.15, -0.1) is 6.42 Å². The van der Waals surface area contributed by atoms with E-state index in [1.165, 1.54) is 0 Å². The maximum absolute atomic E-state index is 11.9. The summed E-state index contributed by atoms with van der Waals surface area (Å²) in [5.41, 5.74) is -0.425. The van der Waals surface area contributed by atoms with Crippen LogP contribution >= 0.6 is 0 Å². The van der Waals surface area contributed by atoms with Crippen LogP contribution in [0.3, 0.4) is 0 Å². The molecule has 1 saturated carbocycles. The van der Waals surface area contributed by atoms with Gasteiger partial charge in [0.2, 0.25) is 0 Å². The van der Waals surface area contributed by atoms with Gasteiger partial charge in [-0.05, 0) is 44.9 Å². The Balaban J connectivity index is 2.14. The summed E-state index contributed by atoms with van der Waals surface area (Å²) in [7, 11) is 0. The molecular weight excluding hydrogens is 282 g/mol. The number of hydrogen-bond donors (Lipinski definition) is 2. The summed E-state index contributed by atoms with van der Waals surface area (Å²) < 4.78 is 5.14. The van der Waals surface area contributed by atoms with Gasteiger partial charge in [-0.1, -0.05) is 18.1 Å². The minimum atomic E-state index is -1.31. The van der Waals surface area contributed by atoms with Crippen molar-refractivity contribution in [3.63, 3.8) is 0 Å². The van der Waals surface area contributed by atoms with Crippen LogP contribution in [0.2, 0.25) is 0 Å². The van der Waals surface area contributed by atoms with Crippen molar-refractivity contribution in [2.45, 2.75) is 44.2 Å². The fraction of sp³-hybridized carbons (Fsp3) is 0.412. The van der Waals surface area contributed by atoms with Crippen molar-refractivity contribution in [1.29, 1.82) is 0 Å².